The predicted octanol–water partition coefficient (Wildman–Crippen LogP) is -2.28. The molecule has 0 aliphatic rings. The molecule has 0 N–H and O–H groups in total. The van der Waals surface area contributed by atoms with Gasteiger partial charge in [-0.25, -0.2) is 0 Å². The number of carboxylic acid groups (broad SMARTS) is 2. The Morgan fingerprint density at radius 3 is 1.11 bits per heavy atom. The summed E-state index contributed by atoms with van der Waals surface area (Å²) in [5.74, 6) is -2.60. The van der Waals surface area contributed by atoms with Crippen molar-refractivity contribution in [2.24, 2.45) is 0 Å². The summed E-state index contributed by atoms with van der Waals surface area (Å²) in [6.07, 6.45) is 25.0. The van der Waals surface area contributed by atoms with Crippen molar-refractivity contribution in [1.29, 1.82) is 0 Å². The molecule has 0 saturated heterocycles. The van der Waals surface area contributed by atoms with Crippen LogP contribution in [0, 0.1) is 0 Å². The summed E-state index contributed by atoms with van der Waals surface area (Å²) in [6, 6.07) is 0. The van der Waals surface area contributed by atoms with Crippen LogP contribution in [0.2, 0.25) is 0 Å². The fourth-order valence-electron chi connectivity index (χ4n) is 3.97. The first-order chi connectivity index (χ1) is 21.5. The maximum Gasteiger partial charge on any atom is 1.00 e. The monoisotopic (exact) mass is 672 g/mol. The van der Waals surface area contributed by atoms with Gasteiger partial charge in [0.1, 0.15) is 12.2 Å². The summed E-state index contributed by atoms with van der Waals surface area (Å²) in [4.78, 5) is 21.6. The predicted molar refractivity (Wildman–Crippen MR) is 167 cm³/mol. The Bertz CT molecular complexity index is 689. The Morgan fingerprint density at radius 1 is 0.500 bits per heavy atom. The number of ether oxygens (including phenoxy) is 6. The van der Waals surface area contributed by atoms with Gasteiger partial charge in [-0.05, 0) is 25.7 Å². The van der Waals surface area contributed by atoms with E-state index in [2.05, 4.69) is 26.0 Å². The van der Waals surface area contributed by atoms with Crippen LogP contribution in [0.15, 0.2) is 36.5 Å². The number of aliphatic carboxylic acids is 2. The minimum Gasteiger partial charge on any atom is -0.548 e. The summed E-state index contributed by atoms with van der Waals surface area (Å²) in [5.41, 5.74) is 0. The van der Waals surface area contributed by atoms with Gasteiger partial charge in [-0.1, -0.05) is 102 Å². The molecule has 0 aromatic heterocycles. The first-order valence-electron chi connectivity index (χ1n) is 16.4. The van der Waals surface area contributed by atoms with Gasteiger partial charge in [0.25, 0.3) is 0 Å². The maximum absolute atomic E-state index is 10.8. The second kappa shape index (κ2) is 41.1. The van der Waals surface area contributed by atoms with Gasteiger partial charge >= 0.3 is 59.1 Å². The van der Waals surface area contributed by atoms with Gasteiger partial charge in [0.2, 0.25) is 0 Å². The number of unbranched alkanes of at least 4 members (excludes halogenated alkanes) is 10. The van der Waals surface area contributed by atoms with Crippen LogP contribution < -0.4 is 69.3 Å². The topological polar surface area (TPSA) is 136 Å². The molecular weight excluding hydrogens is 614 g/mol. The van der Waals surface area contributed by atoms with Crippen molar-refractivity contribution in [1.82, 2.24) is 0 Å². The van der Waals surface area contributed by atoms with E-state index in [0.29, 0.717) is 13.2 Å². The minimum atomic E-state index is -1.30. The fraction of sp³-hybridized carbons (Fsp3) is 0.765. The molecule has 0 fully saturated rings. The molecule has 0 aliphatic heterocycles. The van der Waals surface area contributed by atoms with Crippen LogP contribution in [-0.2, 0) is 38.0 Å². The van der Waals surface area contributed by atoms with Gasteiger partial charge in [-0.15, -0.1) is 0 Å². The number of hydrogen-bond acceptors (Lipinski definition) is 10. The molecule has 2 atom stereocenters. The molecule has 0 bridgehead atoms. The van der Waals surface area contributed by atoms with Gasteiger partial charge < -0.3 is 48.2 Å². The first kappa shape index (κ1) is 50.3. The van der Waals surface area contributed by atoms with E-state index in [1.165, 1.54) is 64.2 Å². The van der Waals surface area contributed by atoms with Crippen molar-refractivity contribution < 1.29 is 107 Å². The van der Waals surface area contributed by atoms with E-state index < -0.39 is 37.4 Å². The van der Waals surface area contributed by atoms with Crippen LogP contribution in [0.3, 0.4) is 0 Å². The zero-order valence-electron chi connectivity index (χ0n) is 29.3. The van der Waals surface area contributed by atoms with Crippen molar-refractivity contribution in [2.75, 3.05) is 66.1 Å². The molecule has 0 aromatic rings. The van der Waals surface area contributed by atoms with Gasteiger partial charge in [-0.3, -0.25) is 0 Å². The summed E-state index contributed by atoms with van der Waals surface area (Å²) in [7, 11) is 0. The summed E-state index contributed by atoms with van der Waals surface area (Å²) >= 11 is 0. The number of hydrogen-bond donors (Lipinski definition) is 0. The quantitative estimate of drug-likeness (QED) is 0.0418. The molecule has 0 aromatic carbocycles. The largest absolute Gasteiger partial charge is 1.00 e. The summed E-state index contributed by atoms with van der Waals surface area (Å²) in [5, 5.41) is 21.6. The van der Waals surface area contributed by atoms with E-state index >= 15 is 0 Å². The smallest absolute Gasteiger partial charge is 0.548 e. The molecule has 0 radical (unpaired) electrons. The Kier molecular flexibility index (Phi) is 44.9. The standard InChI is InChI=1S/C34H60O10.2Na/c1-3-5-7-9-11-13-15-17-21-39-25-31(43-29-33(35)36)27-41-23-19-20-24-42-28-32(44-30-34(37)38)26-40-22-18-16-14-12-10-8-6-4-2;;/h15-20,31-32H,3-14,21-30H2,1-2H3,(H,35,36)(H,37,38);;/q;2*+1/p-2/b17-15+,18-16+,20-19-;;. The van der Waals surface area contributed by atoms with E-state index in [4.69, 9.17) is 28.4 Å². The van der Waals surface area contributed by atoms with Gasteiger partial charge in [-0.2, -0.15) is 0 Å². The zero-order valence-corrected chi connectivity index (χ0v) is 33.3. The van der Waals surface area contributed by atoms with Gasteiger partial charge in [0, 0.05) is 0 Å². The van der Waals surface area contributed by atoms with E-state index in [1.807, 2.05) is 12.2 Å². The molecule has 46 heavy (non-hydrogen) atoms. The molecule has 10 nitrogen and oxygen atoms in total. The Hall–Kier alpha value is -0.0800. The van der Waals surface area contributed by atoms with Gasteiger partial charge in [0.05, 0.1) is 78.0 Å². The zero-order chi connectivity index (χ0) is 32.4. The van der Waals surface area contributed by atoms with Crippen molar-refractivity contribution in [3.05, 3.63) is 36.5 Å². The third-order valence-corrected chi connectivity index (χ3v) is 6.39. The average Bonchev–Trinajstić information content (AvgIpc) is 3.00. The summed E-state index contributed by atoms with van der Waals surface area (Å²) in [6.45, 7) is 5.43. The molecule has 0 rings (SSSR count). The molecule has 0 amide bonds. The molecule has 2 unspecified atom stereocenters. The average molecular weight is 673 g/mol. The molecule has 0 saturated carbocycles. The van der Waals surface area contributed by atoms with Gasteiger partial charge in [0.15, 0.2) is 0 Å². The van der Waals surface area contributed by atoms with Crippen LogP contribution in [0.25, 0.3) is 0 Å². The molecule has 0 spiro atoms. The van der Waals surface area contributed by atoms with Crippen molar-refractivity contribution >= 4 is 11.9 Å². The van der Waals surface area contributed by atoms with Crippen molar-refractivity contribution in [3.63, 3.8) is 0 Å². The first-order valence-corrected chi connectivity index (χ1v) is 16.4. The Balaban J connectivity index is -0.00000924. The van der Waals surface area contributed by atoms with Crippen LogP contribution in [0.5, 0.6) is 0 Å². The fourth-order valence-corrected chi connectivity index (χ4v) is 3.97. The number of carbonyl (C=O) groups excluding carboxylic acids is 2. The maximum atomic E-state index is 10.8. The normalized spacial score (nSPS) is 12.8. The number of carbonyl (C=O) groups is 2. The SMILES string of the molecule is CCCCCCC/C=C/COCC(COC/C=C\COCC(COC/C=C/CCCCCCC)OCC(=O)[O-])OCC(=O)[O-].[Na+].[Na+]. The second-order valence-corrected chi connectivity index (χ2v) is 10.6. The van der Waals surface area contributed by atoms with Crippen LogP contribution in [-0.4, -0.2) is 90.2 Å². The minimum absolute atomic E-state index is 0. The third-order valence-electron chi connectivity index (χ3n) is 6.39. The van der Waals surface area contributed by atoms with E-state index in [-0.39, 0.29) is 98.8 Å². The molecule has 12 heteroatoms. The second-order valence-electron chi connectivity index (χ2n) is 10.6. The Labute approximate surface area is 322 Å². The van der Waals surface area contributed by atoms with Crippen LogP contribution in [0.1, 0.15) is 90.9 Å². The molecule has 256 valence electrons. The van der Waals surface area contributed by atoms with Crippen molar-refractivity contribution in [3.8, 4) is 0 Å². The molecular formula is C34H58Na2O10. The number of carboxylic acids is 2. The van der Waals surface area contributed by atoms with Crippen LogP contribution in [0.4, 0.5) is 0 Å². The van der Waals surface area contributed by atoms with Crippen LogP contribution >= 0.6 is 0 Å². The number of rotatable bonds is 34. The molecule has 0 aliphatic carbocycles. The number of allylic oxidation sites excluding steroid dienone is 2. The Morgan fingerprint density at radius 2 is 0.804 bits per heavy atom. The van der Waals surface area contributed by atoms with Crippen molar-refractivity contribution in [2.45, 2.75) is 103 Å². The summed E-state index contributed by atoms with van der Waals surface area (Å²) < 4.78 is 33.0. The third kappa shape index (κ3) is 40.1. The van der Waals surface area contributed by atoms with E-state index in [9.17, 15) is 19.8 Å². The molecule has 0 heterocycles. The van der Waals surface area contributed by atoms with E-state index in [1.54, 1.807) is 12.2 Å². The van der Waals surface area contributed by atoms with E-state index in [0.717, 1.165) is 12.8 Å².